The van der Waals surface area contributed by atoms with Crippen LogP contribution >= 0.6 is 0 Å². The van der Waals surface area contributed by atoms with E-state index in [1.807, 2.05) is 0 Å². The van der Waals surface area contributed by atoms with Crippen molar-refractivity contribution in [2.45, 2.75) is 6.18 Å². The molecule has 0 fully saturated rings. The predicted molar refractivity (Wildman–Crippen MR) is 97.8 cm³/mol. The minimum Gasteiger partial charge on any atom is -0.465 e. The maximum atomic E-state index is 12.8. The fourth-order valence-electron chi connectivity index (χ4n) is 2.41. The van der Waals surface area contributed by atoms with Crippen LogP contribution in [0, 0.1) is 0 Å². The van der Waals surface area contributed by atoms with Crippen molar-refractivity contribution in [1.82, 2.24) is 9.97 Å². The molecule has 28 heavy (non-hydrogen) atoms. The third kappa shape index (κ3) is 4.56. The summed E-state index contributed by atoms with van der Waals surface area (Å²) < 4.78 is 43.3. The van der Waals surface area contributed by atoms with Gasteiger partial charge in [-0.15, -0.1) is 0 Å². The van der Waals surface area contributed by atoms with Gasteiger partial charge in [0, 0.05) is 11.9 Å². The molecule has 6 nitrogen and oxygen atoms in total. The average Bonchev–Trinajstić information content (AvgIpc) is 2.68. The van der Waals surface area contributed by atoms with Crippen LogP contribution in [-0.2, 0) is 10.9 Å². The van der Waals surface area contributed by atoms with E-state index < -0.39 is 17.7 Å². The third-order valence-corrected chi connectivity index (χ3v) is 3.70. The molecule has 9 heteroatoms. The summed E-state index contributed by atoms with van der Waals surface area (Å²) in [6.45, 7) is 0. The molecule has 0 spiro atoms. The van der Waals surface area contributed by atoms with E-state index in [-0.39, 0.29) is 11.6 Å². The molecule has 0 unspecified atom stereocenters. The Morgan fingerprint density at radius 3 is 2.57 bits per heavy atom. The van der Waals surface area contributed by atoms with E-state index in [1.165, 1.54) is 25.4 Å². The molecule has 2 N–H and O–H groups in total. The molecule has 0 saturated carbocycles. The Bertz CT molecular complexity index is 993. The van der Waals surface area contributed by atoms with Crippen LogP contribution in [0.25, 0.3) is 0 Å². The molecule has 1 heterocycles. The van der Waals surface area contributed by atoms with Crippen molar-refractivity contribution in [3.05, 3.63) is 71.9 Å². The van der Waals surface area contributed by atoms with Gasteiger partial charge in [0.25, 0.3) is 0 Å². The van der Waals surface area contributed by atoms with Gasteiger partial charge in [-0.05, 0) is 36.4 Å². The summed E-state index contributed by atoms with van der Waals surface area (Å²) in [5.74, 6) is -0.0693. The zero-order chi connectivity index (χ0) is 20.1. The molecule has 0 amide bonds. The van der Waals surface area contributed by atoms with Crippen molar-refractivity contribution in [3.63, 3.8) is 0 Å². The number of nitrogens with zero attached hydrogens (tertiary/aromatic N) is 2. The Morgan fingerprint density at radius 2 is 1.82 bits per heavy atom. The number of para-hydroxylation sites is 1. The molecule has 0 bridgehead atoms. The number of rotatable bonds is 5. The summed E-state index contributed by atoms with van der Waals surface area (Å²) >= 11 is 0. The summed E-state index contributed by atoms with van der Waals surface area (Å²) in [5, 5.41) is 5.71. The Hall–Kier alpha value is -3.62. The van der Waals surface area contributed by atoms with E-state index in [1.54, 1.807) is 30.3 Å². The number of methoxy groups -OCH3 is 1. The van der Waals surface area contributed by atoms with Crippen LogP contribution in [0.3, 0.4) is 0 Å². The van der Waals surface area contributed by atoms with Gasteiger partial charge in [-0.25, -0.2) is 9.78 Å². The maximum absolute atomic E-state index is 12.8. The maximum Gasteiger partial charge on any atom is 0.416 e. The molecule has 0 aliphatic carbocycles. The number of hydrogen-bond donors (Lipinski definition) is 2. The lowest BCUT2D eigenvalue weighted by molar-refractivity contribution is -0.137. The highest BCUT2D eigenvalue weighted by Crippen LogP contribution is 2.31. The molecule has 0 radical (unpaired) electrons. The number of carbonyl (C=O) groups excluding carboxylic acids is 1. The minimum absolute atomic E-state index is 0.0971. The number of hydrogen-bond acceptors (Lipinski definition) is 6. The van der Waals surface area contributed by atoms with E-state index in [2.05, 4.69) is 20.6 Å². The first-order valence-corrected chi connectivity index (χ1v) is 8.08. The summed E-state index contributed by atoms with van der Waals surface area (Å²) in [7, 11) is 1.28. The zero-order valence-corrected chi connectivity index (χ0v) is 14.6. The van der Waals surface area contributed by atoms with Gasteiger partial charge in [0.1, 0.15) is 5.82 Å². The van der Waals surface area contributed by atoms with E-state index in [9.17, 15) is 18.0 Å². The fourth-order valence-corrected chi connectivity index (χ4v) is 2.41. The van der Waals surface area contributed by atoms with Gasteiger partial charge in [0.2, 0.25) is 5.95 Å². The molecular formula is C19H15F3N4O2. The van der Waals surface area contributed by atoms with Crippen LogP contribution in [0.5, 0.6) is 0 Å². The van der Waals surface area contributed by atoms with Crippen molar-refractivity contribution in [1.29, 1.82) is 0 Å². The first-order valence-electron chi connectivity index (χ1n) is 8.08. The standard InChI is InChI=1S/C19H15F3N4O2/c1-28-17(27)14-7-2-3-8-15(14)25-16-9-10-23-18(26-16)24-13-6-4-5-12(11-13)19(20,21)22/h2-11H,1H3,(H2,23,24,25,26). The number of benzene rings is 2. The minimum atomic E-state index is -4.44. The molecular weight excluding hydrogens is 373 g/mol. The lowest BCUT2D eigenvalue weighted by atomic mass is 10.2. The predicted octanol–water partition coefficient (Wildman–Crippen LogP) is 4.77. The van der Waals surface area contributed by atoms with E-state index >= 15 is 0 Å². The number of halogens is 3. The first kappa shape index (κ1) is 19.2. The summed E-state index contributed by atoms with van der Waals surface area (Å²) in [6.07, 6.45) is -3.01. The van der Waals surface area contributed by atoms with Crippen molar-refractivity contribution in [3.8, 4) is 0 Å². The number of alkyl halides is 3. The van der Waals surface area contributed by atoms with Gasteiger partial charge in [0.05, 0.1) is 23.9 Å². The second-order valence-electron chi connectivity index (χ2n) is 5.63. The summed E-state index contributed by atoms with van der Waals surface area (Å²) in [4.78, 5) is 20.1. The number of anilines is 4. The van der Waals surface area contributed by atoms with Crippen molar-refractivity contribution < 1.29 is 22.7 Å². The fraction of sp³-hybridized carbons (Fsp3) is 0.105. The smallest absolute Gasteiger partial charge is 0.416 e. The molecule has 0 atom stereocenters. The average molecular weight is 388 g/mol. The lowest BCUT2D eigenvalue weighted by Gasteiger charge is -2.12. The van der Waals surface area contributed by atoms with Gasteiger partial charge in [0.15, 0.2) is 0 Å². The highest BCUT2D eigenvalue weighted by molar-refractivity contribution is 5.96. The van der Waals surface area contributed by atoms with E-state index in [4.69, 9.17) is 4.74 Å². The lowest BCUT2D eigenvalue weighted by Crippen LogP contribution is -2.07. The Morgan fingerprint density at radius 1 is 1.04 bits per heavy atom. The molecule has 3 aromatic rings. The van der Waals surface area contributed by atoms with Crippen molar-refractivity contribution in [2.24, 2.45) is 0 Å². The van der Waals surface area contributed by atoms with Crippen LogP contribution in [0.4, 0.5) is 36.3 Å². The van der Waals surface area contributed by atoms with Crippen LogP contribution < -0.4 is 10.6 Å². The Kier molecular flexibility index (Phi) is 5.44. The van der Waals surface area contributed by atoms with Crippen LogP contribution in [0.15, 0.2) is 60.8 Å². The SMILES string of the molecule is COC(=O)c1ccccc1Nc1ccnc(Nc2cccc(C(F)(F)F)c2)n1. The van der Waals surface area contributed by atoms with Gasteiger partial charge in [-0.1, -0.05) is 18.2 Å². The highest BCUT2D eigenvalue weighted by Gasteiger charge is 2.30. The molecule has 0 saturated heterocycles. The van der Waals surface area contributed by atoms with Crippen LogP contribution in [-0.4, -0.2) is 23.0 Å². The normalized spacial score (nSPS) is 11.0. The third-order valence-electron chi connectivity index (χ3n) is 3.70. The van der Waals surface area contributed by atoms with Crippen molar-refractivity contribution >= 4 is 29.1 Å². The van der Waals surface area contributed by atoms with Gasteiger partial charge in [-0.2, -0.15) is 18.2 Å². The number of nitrogens with one attached hydrogen (secondary N) is 2. The number of esters is 1. The van der Waals surface area contributed by atoms with Gasteiger partial charge < -0.3 is 15.4 Å². The summed E-state index contributed by atoms with van der Waals surface area (Å²) in [5.41, 5.74) is 0.204. The number of aromatic nitrogens is 2. The molecule has 0 aliphatic heterocycles. The van der Waals surface area contributed by atoms with E-state index in [0.717, 1.165) is 12.1 Å². The summed E-state index contributed by atoms with van der Waals surface area (Å²) in [6, 6.07) is 13.0. The van der Waals surface area contributed by atoms with Gasteiger partial charge in [-0.3, -0.25) is 0 Å². The highest BCUT2D eigenvalue weighted by atomic mass is 19.4. The molecule has 2 aromatic carbocycles. The van der Waals surface area contributed by atoms with Gasteiger partial charge >= 0.3 is 12.1 Å². The second kappa shape index (κ2) is 7.95. The Labute approximate surface area is 158 Å². The largest absolute Gasteiger partial charge is 0.465 e. The Balaban J connectivity index is 1.82. The number of carbonyl (C=O) groups is 1. The second-order valence-corrected chi connectivity index (χ2v) is 5.63. The molecule has 1 aromatic heterocycles. The molecule has 144 valence electrons. The number of ether oxygens (including phenoxy) is 1. The first-order chi connectivity index (χ1) is 13.4. The topological polar surface area (TPSA) is 76.1 Å². The monoisotopic (exact) mass is 388 g/mol. The quantitative estimate of drug-likeness (QED) is 0.614. The van der Waals surface area contributed by atoms with Crippen molar-refractivity contribution in [2.75, 3.05) is 17.7 Å². The molecule has 0 aliphatic rings. The van der Waals surface area contributed by atoms with E-state index in [0.29, 0.717) is 17.1 Å². The zero-order valence-electron chi connectivity index (χ0n) is 14.6. The van der Waals surface area contributed by atoms with Crippen LogP contribution in [0.1, 0.15) is 15.9 Å². The van der Waals surface area contributed by atoms with Crippen LogP contribution in [0.2, 0.25) is 0 Å². The molecule has 3 rings (SSSR count).